The van der Waals surface area contributed by atoms with Crippen LogP contribution in [0, 0.1) is 12.7 Å². The molecule has 0 aliphatic rings. The Bertz CT molecular complexity index is 1480. The van der Waals surface area contributed by atoms with Crippen molar-refractivity contribution in [2.45, 2.75) is 26.1 Å². The van der Waals surface area contributed by atoms with E-state index in [1.54, 1.807) is 28.9 Å². The van der Waals surface area contributed by atoms with Crippen molar-refractivity contribution in [3.63, 3.8) is 0 Å². The molecule has 3 aromatic carbocycles. The standard InChI is InChI=1S/C25H19F4N5/c1-15-30-21-10-9-17(13-22(21)31-15)24-32-23(12-16-5-4-7-19(11-16)25(27,28)29)33-34(24)14-18-6-2-3-8-20(18)26/h2-11,13H,12,14H2,1H3,(H,30,31). The summed E-state index contributed by atoms with van der Waals surface area (Å²) in [6.07, 6.45) is -4.33. The van der Waals surface area contributed by atoms with Crippen LogP contribution in [0.2, 0.25) is 0 Å². The topological polar surface area (TPSA) is 59.4 Å². The molecule has 0 atom stereocenters. The largest absolute Gasteiger partial charge is 0.416 e. The average Bonchev–Trinajstić information content (AvgIpc) is 3.36. The Balaban J connectivity index is 1.56. The molecule has 5 nitrogen and oxygen atoms in total. The van der Waals surface area contributed by atoms with Crippen LogP contribution in [0.3, 0.4) is 0 Å². The van der Waals surface area contributed by atoms with Crippen LogP contribution in [0.25, 0.3) is 22.4 Å². The summed E-state index contributed by atoms with van der Waals surface area (Å²) < 4.78 is 55.3. The summed E-state index contributed by atoms with van der Waals surface area (Å²) in [6.45, 7) is 1.98. The Morgan fingerprint density at radius 1 is 0.941 bits per heavy atom. The Labute approximate surface area is 192 Å². The molecular formula is C25H19F4N5. The fraction of sp³-hybridized carbons (Fsp3) is 0.160. The second-order valence-electron chi connectivity index (χ2n) is 8.03. The normalized spacial score (nSPS) is 11.9. The molecule has 0 fully saturated rings. The molecule has 9 heteroatoms. The molecular weight excluding hydrogens is 446 g/mol. The van der Waals surface area contributed by atoms with Crippen LogP contribution in [0.5, 0.6) is 0 Å². The van der Waals surface area contributed by atoms with Crippen molar-refractivity contribution >= 4 is 11.0 Å². The zero-order valence-electron chi connectivity index (χ0n) is 18.1. The van der Waals surface area contributed by atoms with Gasteiger partial charge in [0, 0.05) is 17.5 Å². The van der Waals surface area contributed by atoms with Crippen molar-refractivity contribution < 1.29 is 17.6 Å². The van der Waals surface area contributed by atoms with Gasteiger partial charge < -0.3 is 4.98 Å². The molecule has 172 valence electrons. The number of imidazole rings is 1. The second kappa shape index (κ2) is 8.40. The summed E-state index contributed by atoms with van der Waals surface area (Å²) in [7, 11) is 0. The number of halogens is 4. The average molecular weight is 465 g/mol. The zero-order valence-corrected chi connectivity index (χ0v) is 18.1. The number of nitrogens with one attached hydrogen (secondary N) is 1. The van der Waals surface area contributed by atoms with Gasteiger partial charge in [-0.2, -0.15) is 18.3 Å². The summed E-state index contributed by atoms with van der Waals surface area (Å²) >= 11 is 0. The van der Waals surface area contributed by atoms with Gasteiger partial charge in [-0.15, -0.1) is 0 Å². The molecule has 0 radical (unpaired) electrons. The zero-order chi connectivity index (χ0) is 23.9. The summed E-state index contributed by atoms with van der Waals surface area (Å²) in [5.74, 6) is 1.22. The minimum atomic E-state index is -4.43. The first-order chi connectivity index (χ1) is 16.3. The maximum atomic E-state index is 14.3. The summed E-state index contributed by atoms with van der Waals surface area (Å²) in [4.78, 5) is 12.2. The highest BCUT2D eigenvalue weighted by atomic mass is 19.4. The second-order valence-corrected chi connectivity index (χ2v) is 8.03. The van der Waals surface area contributed by atoms with Crippen LogP contribution < -0.4 is 0 Å². The molecule has 1 N–H and O–H groups in total. The molecule has 0 aliphatic carbocycles. The number of aromatic nitrogens is 5. The lowest BCUT2D eigenvalue weighted by molar-refractivity contribution is -0.137. The van der Waals surface area contributed by atoms with Crippen molar-refractivity contribution in [1.29, 1.82) is 0 Å². The van der Waals surface area contributed by atoms with Crippen LogP contribution in [0.1, 0.15) is 28.3 Å². The van der Waals surface area contributed by atoms with Gasteiger partial charge in [0.1, 0.15) is 11.6 Å². The van der Waals surface area contributed by atoms with Gasteiger partial charge in [-0.1, -0.05) is 36.4 Å². The molecule has 0 spiro atoms. The van der Waals surface area contributed by atoms with E-state index in [4.69, 9.17) is 0 Å². The molecule has 2 aromatic heterocycles. The number of aromatic amines is 1. The van der Waals surface area contributed by atoms with Gasteiger partial charge in [0.25, 0.3) is 0 Å². The van der Waals surface area contributed by atoms with E-state index < -0.39 is 11.7 Å². The van der Waals surface area contributed by atoms with E-state index in [1.165, 1.54) is 12.1 Å². The highest BCUT2D eigenvalue weighted by molar-refractivity contribution is 5.80. The van der Waals surface area contributed by atoms with E-state index >= 15 is 0 Å². The van der Waals surface area contributed by atoms with Crippen LogP contribution in [-0.4, -0.2) is 24.7 Å². The quantitative estimate of drug-likeness (QED) is 0.328. The molecule has 0 amide bonds. The smallest absolute Gasteiger partial charge is 0.342 e. The Hall–Kier alpha value is -4.01. The van der Waals surface area contributed by atoms with Crippen molar-refractivity contribution in [1.82, 2.24) is 24.7 Å². The molecule has 2 heterocycles. The monoisotopic (exact) mass is 465 g/mol. The number of H-pyrrole nitrogens is 1. The third-order valence-electron chi connectivity index (χ3n) is 5.47. The lowest BCUT2D eigenvalue weighted by atomic mass is 10.1. The fourth-order valence-corrected chi connectivity index (χ4v) is 3.89. The lowest BCUT2D eigenvalue weighted by Crippen LogP contribution is -2.07. The number of rotatable bonds is 5. The molecule has 0 aliphatic heterocycles. The first-order valence-electron chi connectivity index (χ1n) is 10.6. The highest BCUT2D eigenvalue weighted by Crippen LogP contribution is 2.30. The van der Waals surface area contributed by atoms with E-state index in [2.05, 4.69) is 20.1 Å². The first kappa shape index (κ1) is 21.8. The van der Waals surface area contributed by atoms with Crippen molar-refractivity contribution in [3.8, 4) is 11.4 Å². The van der Waals surface area contributed by atoms with Gasteiger partial charge in [-0.05, 0) is 42.8 Å². The van der Waals surface area contributed by atoms with Gasteiger partial charge in [-0.25, -0.2) is 19.0 Å². The van der Waals surface area contributed by atoms with Crippen LogP contribution in [0.4, 0.5) is 17.6 Å². The molecule has 0 unspecified atom stereocenters. The molecule has 0 saturated heterocycles. The number of hydrogen-bond acceptors (Lipinski definition) is 3. The van der Waals surface area contributed by atoms with Gasteiger partial charge in [0.15, 0.2) is 11.6 Å². The summed E-state index contributed by atoms with van der Waals surface area (Å²) in [5.41, 5.74) is 2.48. The van der Waals surface area contributed by atoms with Gasteiger partial charge in [0.2, 0.25) is 0 Å². The van der Waals surface area contributed by atoms with Crippen molar-refractivity contribution in [2.75, 3.05) is 0 Å². The lowest BCUT2D eigenvalue weighted by Gasteiger charge is -2.07. The van der Waals surface area contributed by atoms with Crippen LogP contribution in [-0.2, 0) is 19.1 Å². The SMILES string of the molecule is Cc1nc2ccc(-c3nc(Cc4cccc(C(F)(F)F)c4)nn3Cc3ccccc3F)cc2[nH]1. The number of alkyl halides is 3. The molecule has 34 heavy (non-hydrogen) atoms. The van der Waals surface area contributed by atoms with Crippen molar-refractivity contribution in [2.24, 2.45) is 0 Å². The van der Waals surface area contributed by atoms with Gasteiger partial charge in [-0.3, -0.25) is 0 Å². The molecule has 5 aromatic rings. The van der Waals surface area contributed by atoms with E-state index in [-0.39, 0.29) is 18.8 Å². The minimum Gasteiger partial charge on any atom is -0.342 e. The molecule has 0 saturated carbocycles. The van der Waals surface area contributed by atoms with E-state index in [0.717, 1.165) is 34.6 Å². The predicted octanol–water partition coefficient (Wildman–Crippen LogP) is 5.93. The van der Waals surface area contributed by atoms with Gasteiger partial charge in [0.05, 0.1) is 23.1 Å². The maximum Gasteiger partial charge on any atom is 0.416 e. The maximum absolute atomic E-state index is 14.3. The number of hydrogen-bond donors (Lipinski definition) is 1. The molecule has 5 rings (SSSR count). The first-order valence-corrected chi connectivity index (χ1v) is 10.6. The van der Waals surface area contributed by atoms with Gasteiger partial charge >= 0.3 is 6.18 Å². The highest BCUT2D eigenvalue weighted by Gasteiger charge is 2.30. The Morgan fingerprint density at radius 2 is 1.76 bits per heavy atom. The van der Waals surface area contributed by atoms with E-state index in [1.807, 2.05) is 25.1 Å². The van der Waals surface area contributed by atoms with Crippen LogP contribution >= 0.6 is 0 Å². The number of aryl methyl sites for hydroxylation is 1. The molecule has 0 bridgehead atoms. The van der Waals surface area contributed by atoms with E-state index in [0.29, 0.717) is 22.8 Å². The number of fused-ring (bicyclic) bond motifs is 1. The fourth-order valence-electron chi connectivity index (χ4n) is 3.89. The number of nitrogens with zero attached hydrogens (tertiary/aromatic N) is 4. The third kappa shape index (κ3) is 4.41. The van der Waals surface area contributed by atoms with Crippen molar-refractivity contribution in [3.05, 3.63) is 101 Å². The Morgan fingerprint density at radius 3 is 2.56 bits per heavy atom. The van der Waals surface area contributed by atoms with E-state index in [9.17, 15) is 17.6 Å². The summed E-state index contributed by atoms with van der Waals surface area (Å²) in [5, 5.41) is 4.53. The van der Waals surface area contributed by atoms with Crippen LogP contribution in [0.15, 0.2) is 66.7 Å². The predicted molar refractivity (Wildman–Crippen MR) is 120 cm³/mol. The third-order valence-corrected chi connectivity index (χ3v) is 5.47. The summed E-state index contributed by atoms with van der Waals surface area (Å²) in [6, 6.07) is 17.0. The minimum absolute atomic E-state index is 0.104. The Kier molecular flexibility index (Phi) is 5.39. The number of benzene rings is 3.